The molecule has 0 spiro atoms. The molecule has 0 saturated carbocycles. The van der Waals surface area contributed by atoms with Crippen LogP contribution in [-0.2, 0) is 4.79 Å². The third-order valence-electron chi connectivity index (χ3n) is 7.63. The summed E-state index contributed by atoms with van der Waals surface area (Å²) < 4.78 is 25.8. The number of rotatable bonds is 6. The Morgan fingerprint density at radius 2 is 1.81 bits per heavy atom. The third-order valence-corrected chi connectivity index (χ3v) is 7.63. The van der Waals surface area contributed by atoms with Gasteiger partial charge in [0.2, 0.25) is 0 Å². The molecule has 4 aromatic rings. The van der Waals surface area contributed by atoms with E-state index in [-0.39, 0.29) is 11.7 Å². The van der Waals surface area contributed by atoms with E-state index in [1.54, 1.807) is 61.5 Å². The first-order valence-corrected chi connectivity index (χ1v) is 13.5. The lowest BCUT2D eigenvalue weighted by atomic mass is 9.85. The molecule has 9 heteroatoms. The highest BCUT2D eigenvalue weighted by atomic mass is 19.1. The zero-order chi connectivity index (χ0) is 30.3. The van der Waals surface area contributed by atoms with Gasteiger partial charge in [-0.1, -0.05) is 12.1 Å². The Bertz CT molecular complexity index is 1720. The Hall–Kier alpha value is -4.76. The summed E-state index contributed by atoms with van der Waals surface area (Å²) in [6.45, 7) is 7.23. The molecule has 1 atom stereocenters. The van der Waals surface area contributed by atoms with Gasteiger partial charge >= 0.3 is 5.97 Å². The number of nitrogens with two attached hydrogens (primary N) is 1. The summed E-state index contributed by atoms with van der Waals surface area (Å²) in [6.07, 6.45) is 1.61. The number of anilines is 2. The molecule has 0 saturated heterocycles. The molecule has 0 fully saturated rings. The van der Waals surface area contributed by atoms with Crippen molar-refractivity contribution in [1.29, 1.82) is 0 Å². The molecule has 5 rings (SSSR count). The van der Waals surface area contributed by atoms with E-state index < -0.39 is 23.4 Å². The van der Waals surface area contributed by atoms with Crippen LogP contribution < -0.4 is 25.4 Å². The summed E-state index contributed by atoms with van der Waals surface area (Å²) in [5, 5.41) is 3.33. The van der Waals surface area contributed by atoms with Gasteiger partial charge in [0.25, 0.3) is 5.91 Å². The van der Waals surface area contributed by atoms with E-state index in [1.807, 2.05) is 32.9 Å². The standard InChI is InChI=1S/C33H33FN4O4/c1-18-9-10-20(34)16-25(18)29(35)28-24(13-14-26-30(28)38(5)32(40)33(3,4)37-26)23-12-11-21(17-27(23)41-6)42-31(39)22-8-7-15-36-19(22)2/h7-17,29,37H,35H2,1-6H3. The Balaban J connectivity index is 1.67. The molecule has 8 nitrogen and oxygen atoms in total. The van der Waals surface area contributed by atoms with E-state index >= 15 is 0 Å². The SMILES string of the molecule is COc1cc(OC(=O)c2cccnc2C)ccc1-c1ccc2c(c1C(N)c1cc(F)ccc1C)N(C)C(=O)C(C)(C)N2. The van der Waals surface area contributed by atoms with Crippen molar-refractivity contribution >= 4 is 23.3 Å². The lowest BCUT2D eigenvalue weighted by molar-refractivity contribution is -0.121. The monoisotopic (exact) mass is 568 g/mol. The molecule has 42 heavy (non-hydrogen) atoms. The Morgan fingerprint density at radius 3 is 2.52 bits per heavy atom. The van der Waals surface area contributed by atoms with Crippen LogP contribution in [0.4, 0.5) is 15.8 Å². The molecular formula is C33H33FN4O4. The van der Waals surface area contributed by atoms with Crippen molar-refractivity contribution < 1.29 is 23.5 Å². The van der Waals surface area contributed by atoms with Crippen molar-refractivity contribution in [2.24, 2.45) is 5.73 Å². The van der Waals surface area contributed by atoms with Gasteiger partial charge in [-0.2, -0.15) is 0 Å². The minimum absolute atomic E-state index is 0.142. The zero-order valence-corrected chi connectivity index (χ0v) is 24.4. The third kappa shape index (κ3) is 5.07. The number of amides is 1. The number of esters is 1. The second-order valence-corrected chi connectivity index (χ2v) is 10.9. The molecule has 0 bridgehead atoms. The number of aryl methyl sites for hydroxylation is 2. The summed E-state index contributed by atoms with van der Waals surface area (Å²) in [5.74, 6) is -0.387. The van der Waals surface area contributed by atoms with Crippen molar-refractivity contribution in [2.75, 3.05) is 24.4 Å². The van der Waals surface area contributed by atoms with Crippen molar-refractivity contribution in [3.63, 3.8) is 0 Å². The van der Waals surface area contributed by atoms with Gasteiger partial charge in [0.15, 0.2) is 0 Å². The number of carbonyl (C=O) groups is 2. The maximum Gasteiger partial charge on any atom is 0.345 e. The minimum atomic E-state index is -0.838. The average molecular weight is 569 g/mol. The fourth-order valence-electron chi connectivity index (χ4n) is 5.45. The highest BCUT2D eigenvalue weighted by Gasteiger charge is 2.40. The topological polar surface area (TPSA) is 107 Å². The van der Waals surface area contributed by atoms with Crippen LogP contribution in [0.15, 0.2) is 66.9 Å². The lowest BCUT2D eigenvalue weighted by Gasteiger charge is -2.40. The quantitative estimate of drug-likeness (QED) is 0.219. The van der Waals surface area contributed by atoms with Crippen LogP contribution in [0.1, 0.15) is 52.6 Å². The summed E-state index contributed by atoms with van der Waals surface area (Å²) in [6, 6.07) is 15.9. The normalized spacial score (nSPS) is 14.6. The number of carbonyl (C=O) groups excluding carboxylic acids is 2. The second-order valence-electron chi connectivity index (χ2n) is 10.9. The van der Waals surface area contributed by atoms with E-state index in [0.29, 0.717) is 44.9 Å². The molecule has 1 aliphatic rings. The van der Waals surface area contributed by atoms with Crippen LogP contribution in [-0.4, -0.2) is 36.6 Å². The first-order valence-electron chi connectivity index (χ1n) is 13.5. The van der Waals surface area contributed by atoms with Gasteiger partial charge in [-0.15, -0.1) is 0 Å². The van der Waals surface area contributed by atoms with E-state index in [2.05, 4.69) is 10.3 Å². The molecule has 1 aliphatic heterocycles. The first kappa shape index (κ1) is 28.8. The minimum Gasteiger partial charge on any atom is -0.496 e. The Morgan fingerprint density at radius 1 is 1.07 bits per heavy atom. The van der Waals surface area contributed by atoms with Gasteiger partial charge in [-0.3, -0.25) is 9.78 Å². The first-order chi connectivity index (χ1) is 19.9. The van der Waals surface area contributed by atoms with E-state index in [4.69, 9.17) is 15.2 Å². The average Bonchev–Trinajstić information content (AvgIpc) is 2.96. The fraction of sp³-hybridized carbons (Fsp3) is 0.242. The number of likely N-dealkylation sites (N-methyl/N-ethyl adjacent to an activating group) is 1. The summed E-state index contributed by atoms with van der Waals surface area (Å²) in [4.78, 5) is 32.0. The number of nitrogens with zero attached hydrogens (tertiary/aromatic N) is 2. The number of benzene rings is 3. The maximum atomic E-state index is 14.4. The van der Waals surface area contributed by atoms with Gasteiger partial charge in [0, 0.05) is 30.4 Å². The van der Waals surface area contributed by atoms with Crippen LogP contribution in [0.2, 0.25) is 0 Å². The van der Waals surface area contributed by atoms with Gasteiger partial charge in [0.05, 0.1) is 35.8 Å². The Kier molecular flexibility index (Phi) is 7.47. The summed E-state index contributed by atoms with van der Waals surface area (Å²) in [5.41, 5.74) is 11.7. The molecule has 3 aromatic carbocycles. The number of nitrogens with one attached hydrogen (secondary N) is 1. The molecule has 1 unspecified atom stereocenters. The molecule has 0 aliphatic carbocycles. The second kappa shape index (κ2) is 10.9. The summed E-state index contributed by atoms with van der Waals surface area (Å²) in [7, 11) is 3.23. The number of methoxy groups -OCH3 is 1. The molecular weight excluding hydrogens is 535 g/mol. The van der Waals surface area contributed by atoms with Gasteiger partial charge in [-0.25, -0.2) is 9.18 Å². The predicted octanol–water partition coefficient (Wildman–Crippen LogP) is 5.95. The van der Waals surface area contributed by atoms with E-state index in [1.165, 1.54) is 19.2 Å². The maximum absolute atomic E-state index is 14.4. The van der Waals surface area contributed by atoms with Crippen molar-refractivity contribution in [1.82, 2.24) is 4.98 Å². The van der Waals surface area contributed by atoms with Crippen LogP contribution in [0.3, 0.4) is 0 Å². The molecule has 0 radical (unpaired) electrons. The van der Waals surface area contributed by atoms with Crippen LogP contribution in [0.5, 0.6) is 11.5 Å². The molecule has 1 aromatic heterocycles. The number of aromatic nitrogens is 1. The molecule has 3 N–H and O–H groups in total. The molecule has 2 heterocycles. The molecule has 216 valence electrons. The fourth-order valence-corrected chi connectivity index (χ4v) is 5.45. The molecule has 1 amide bonds. The predicted molar refractivity (Wildman–Crippen MR) is 161 cm³/mol. The summed E-state index contributed by atoms with van der Waals surface area (Å²) >= 11 is 0. The highest BCUT2D eigenvalue weighted by Crippen LogP contribution is 2.48. The van der Waals surface area contributed by atoms with Gasteiger partial charge < -0.3 is 25.4 Å². The smallest absolute Gasteiger partial charge is 0.345 e. The van der Waals surface area contributed by atoms with Gasteiger partial charge in [-0.05, 0) is 86.8 Å². The van der Waals surface area contributed by atoms with E-state index in [9.17, 15) is 14.0 Å². The Labute approximate surface area is 244 Å². The number of halogens is 1. The van der Waals surface area contributed by atoms with Crippen molar-refractivity contribution in [3.8, 4) is 22.6 Å². The van der Waals surface area contributed by atoms with Gasteiger partial charge in [0.1, 0.15) is 22.9 Å². The zero-order valence-electron chi connectivity index (χ0n) is 24.4. The number of pyridine rings is 1. The number of ether oxygens (including phenoxy) is 2. The number of fused-ring (bicyclic) bond motifs is 1. The highest BCUT2D eigenvalue weighted by molar-refractivity contribution is 6.09. The van der Waals surface area contributed by atoms with Crippen LogP contribution in [0.25, 0.3) is 11.1 Å². The lowest BCUT2D eigenvalue weighted by Crippen LogP contribution is -2.53. The van der Waals surface area contributed by atoms with Crippen molar-refractivity contribution in [3.05, 3.63) is 101 Å². The largest absolute Gasteiger partial charge is 0.496 e. The van der Waals surface area contributed by atoms with Crippen LogP contribution in [0, 0.1) is 19.7 Å². The van der Waals surface area contributed by atoms with E-state index in [0.717, 1.165) is 11.3 Å². The van der Waals surface area contributed by atoms with Crippen molar-refractivity contribution in [2.45, 2.75) is 39.3 Å². The van der Waals surface area contributed by atoms with Crippen LogP contribution >= 0.6 is 0 Å². The number of hydrogen-bond donors (Lipinski definition) is 2. The number of hydrogen-bond acceptors (Lipinski definition) is 7.